The highest BCUT2D eigenvalue weighted by Gasteiger charge is 1.75. The van der Waals surface area contributed by atoms with Crippen molar-refractivity contribution in [2.75, 3.05) is 11.5 Å². The summed E-state index contributed by atoms with van der Waals surface area (Å²) >= 11 is 0. The number of hydrogen-bond donors (Lipinski definition) is 0. The van der Waals surface area contributed by atoms with Gasteiger partial charge in [-0.2, -0.15) is 0 Å². The highest BCUT2D eigenvalue weighted by Crippen LogP contribution is 2.18. The average molecular weight is 159 g/mol. The average Bonchev–Trinajstić information content (AvgIpc) is 1.61. The van der Waals surface area contributed by atoms with Gasteiger partial charge >= 0.3 is 0 Å². The Labute approximate surface area is 59.6 Å². The van der Waals surface area contributed by atoms with E-state index in [0.29, 0.717) is 0 Å². The smallest absolute Gasteiger partial charge is 0.000844 e. The van der Waals surface area contributed by atoms with Gasteiger partial charge in [0.1, 0.15) is 0 Å². The number of hydrogen-bond acceptors (Lipinski definition) is 2. The summed E-state index contributed by atoms with van der Waals surface area (Å²) in [7, 11) is 3.85. The lowest BCUT2D eigenvalue weighted by Crippen LogP contribution is -1.59. The molecule has 0 spiro atoms. The molecule has 0 N–H and O–H groups in total. The molecule has 0 aliphatic heterocycles. The van der Waals surface area contributed by atoms with Crippen LogP contribution in [0.1, 0.15) is 13.8 Å². The van der Waals surface area contributed by atoms with Gasteiger partial charge in [0.25, 0.3) is 0 Å². The largest absolute Gasteiger partial charge is 0.147 e. The lowest BCUT2D eigenvalue weighted by molar-refractivity contribution is 1.53. The Morgan fingerprint density at radius 1 is 1.00 bits per heavy atom. The minimum absolute atomic E-state index is 0. The maximum atomic E-state index is 2.17. The zero-order valence-electron chi connectivity index (χ0n) is 4.64. The Kier molecular flexibility index (Phi) is 15.7. The Balaban J connectivity index is 0. The fourth-order valence-corrected chi connectivity index (χ4v) is 1.50. The van der Waals surface area contributed by atoms with Crippen LogP contribution in [0, 0.1) is 0 Å². The molecule has 0 aliphatic rings. The van der Waals surface area contributed by atoms with Gasteiger partial charge in [0.2, 0.25) is 0 Å². The van der Waals surface area contributed by atoms with E-state index in [0.717, 1.165) is 0 Å². The molecule has 0 aromatic rings. The first kappa shape index (κ1) is 10.9. The Hall–Kier alpha value is 0.990. The van der Waals surface area contributed by atoms with Crippen molar-refractivity contribution in [2.45, 2.75) is 13.8 Å². The maximum absolute atomic E-state index is 2.17. The van der Waals surface area contributed by atoms with Gasteiger partial charge in [0.05, 0.1) is 0 Å². The molecular weight excluding hydrogens is 148 g/mol. The monoisotopic (exact) mass is 158 g/mol. The summed E-state index contributed by atoms with van der Waals surface area (Å²) in [5, 5.41) is 0. The predicted molar refractivity (Wildman–Crippen MR) is 43.5 cm³/mol. The molecule has 0 saturated heterocycles. The molecule has 3 heteroatoms. The van der Waals surface area contributed by atoms with Gasteiger partial charge in [0.15, 0.2) is 0 Å². The van der Waals surface area contributed by atoms with Crippen molar-refractivity contribution in [3.63, 3.8) is 0 Å². The number of halogens is 1. The summed E-state index contributed by atoms with van der Waals surface area (Å²) in [6.07, 6.45) is 0. The standard InChI is InChI=1S/C4H10S2.ClH/c1-3-5-6-4-2;/h3-4H2,1-2H3;1H. The van der Waals surface area contributed by atoms with Crippen molar-refractivity contribution in [3.05, 3.63) is 0 Å². The van der Waals surface area contributed by atoms with E-state index >= 15 is 0 Å². The van der Waals surface area contributed by atoms with Crippen LogP contribution in [0.4, 0.5) is 0 Å². The molecule has 0 aromatic heterocycles. The van der Waals surface area contributed by atoms with Crippen LogP contribution in [0.2, 0.25) is 0 Å². The summed E-state index contributed by atoms with van der Waals surface area (Å²) in [5.74, 6) is 2.47. The van der Waals surface area contributed by atoms with Gasteiger partial charge in [-0.15, -0.1) is 12.4 Å². The molecular formula is C4H11ClS2. The Morgan fingerprint density at radius 3 is 1.43 bits per heavy atom. The zero-order valence-corrected chi connectivity index (χ0v) is 7.09. The minimum Gasteiger partial charge on any atom is -0.147 e. The van der Waals surface area contributed by atoms with E-state index in [1.54, 1.807) is 0 Å². The molecule has 0 radical (unpaired) electrons. The third kappa shape index (κ3) is 10.9. The first-order chi connectivity index (χ1) is 2.91. The molecule has 0 saturated carbocycles. The molecule has 0 nitrogen and oxygen atoms in total. The summed E-state index contributed by atoms with van der Waals surface area (Å²) in [6, 6.07) is 0. The molecule has 0 aromatic carbocycles. The molecule has 0 fully saturated rings. The Morgan fingerprint density at radius 2 is 1.29 bits per heavy atom. The first-order valence-electron chi connectivity index (χ1n) is 2.16. The van der Waals surface area contributed by atoms with Crippen LogP contribution >= 0.6 is 34.0 Å². The van der Waals surface area contributed by atoms with Crippen LogP contribution in [0.15, 0.2) is 0 Å². The van der Waals surface area contributed by atoms with Crippen LogP contribution in [0.3, 0.4) is 0 Å². The third-order valence-electron chi connectivity index (χ3n) is 0.319. The predicted octanol–water partition coefficient (Wildman–Crippen LogP) is 2.83. The molecule has 0 heterocycles. The maximum Gasteiger partial charge on any atom is 0.000844 e. The molecule has 46 valence electrons. The minimum atomic E-state index is 0. The molecule has 0 amide bonds. The molecule has 0 bridgehead atoms. The molecule has 0 rings (SSSR count). The van der Waals surface area contributed by atoms with E-state index in [1.165, 1.54) is 11.5 Å². The van der Waals surface area contributed by atoms with Crippen LogP contribution in [-0.4, -0.2) is 11.5 Å². The SMILES string of the molecule is CCSSCC.Cl. The van der Waals surface area contributed by atoms with Crippen molar-refractivity contribution in [1.82, 2.24) is 0 Å². The van der Waals surface area contributed by atoms with Crippen molar-refractivity contribution in [1.29, 1.82) is 0 Å². The van der Waals surface area contributed by atoms with Gasteiger partial charge in [-0.25, -0.2) is 0 Å². The second-order valence-electron chi connectivity index (χ2n) is 0.813. The Bertz CT molecular complexity index is 21.7. The van der Waals surface area contributed by atoms with Crippen molar-refractivity contribution in [3.8, 4) is 0 Å². The van der Waals surface area contributed by atoms with Crippen LogP contribution in [0.5, 0.6) is 0 Å². The topological polar surface area (TPSA) is 0 Å². The van der Waals surface area contributed by atoms with Crippen molar-refractivity contribution >= 4 is 34.0 Å². The summed E-state index contributed by atoms with van der Waals surface area (Å²) in [5.41, 5.74) is 0. The summed E-state index contributed by atoms with van der Waals surface area (Å²) < 4.78 is 0. The lowest BCUT2D eigenvalue weighted by Gasteiger charge is -1.86. The highest BCUT2D eigenvalue weighted by molar-refractivity contribution is 8.76. The second-order valence-corrected chi connectivity index (χ2v) is 3.85. The van der Waals surface area contributed by atoms with Gasteiger partial charge in [-0.3, -0.25) is 0 Å². The van der Waals surface area contributed by atoms with Gasteiger partial charge in [-0.1, -0.05) is 35.4 Å². The van der Waals surface area contributed by atoms with E-state index in [9.17, 15) is 0 Å². The number of rotatable bonds is 3. The zero-order chi connectivity index (χ0) is 4.83. The van der Waals surface area contributed by atoms with E-state index in [1.807, 2.05) is 21.6 Å². The molecule has 0 atom stereocenters. The van der Waals surface area contributed by atoms with Crippen LogP contribution in [0.25, 0.3) is 0 Å². The second kappa shape index (κ2) is 10.1. The van der Waals surface area contributed by atoms with Crippen molar-refractivity contribution < 1.29 is 0 Å². The van der Waals surface area contributed by atoms with E-state index in [4.69, 9.17) is 0 Å². The van der Waals surface area contributed by atoms with Gasteiger partial charge < -0.3 is 0 Å². The highest BCUT2D eigenvalue weighted by atomic mass is 35.5. The van der Waals surface area contributed by atoms with E-state index < -0.39 is 0 Å². The first-order valence-corrected chi connectivity index (χ1v) is 4.65. The molecule has 0 unspecified atom stereocenters. The fraction of sp³-hybridized carbons (Fsp3) is 1.00. The normalized spacial score (nSPS) is 7.71. The molecule has 7 heavy (non-hydrogen) atoms. The van der Waals surface area contributed by atoms with Crippen LogP contribution < -0.4 is 0 Å². The van der Waals surface area contributed by atoms with Crippen LogP contribution in [-0.2, 0) is 0 Å². The summed E-state index contributed by atoms with van der Waals surface area (Å²) in [6.45, 7) is 4.35. The lowest BCUT2D eigenvalue weighted by atomic mass is 11.0. The van der Waals surface area contributed by atoms with Gasteiger partial charge in [-0.05, 0) is 0 Å². The van der Waals surface area contributed by atoms with Crippen molar-refractivity contribution in [2.24, 2.45) is 0 Å². The summed E-state index contributed by atoms with van der Waals surface area (Å²) in [4.78, 5) is 0. The quantitative estimate of drug-likeness (QED) is 0.458. The third-order valence-corrected chi connectivity index (χ3v) is 2.87. The van der Waals surface area contributed by atoms with E-state index in [2.05, 4.69) is 13.8 Å². The van der Waals surface area contributed by atoms with E-state index in [-0.39, 0.29) is 12.4 Å². The molecule has 0 aliphatic carbocycles. The fourth-order valence-electron chi connectivity index (χ4n) is 0.167. The van der Waals surface area contributed by atoms with Gasteiger partial charge in [0, 0.05) is 11.5 Å².